The van der Waals surface area contributed by atoms with Crippen LogP contribution in [0.25, 0.3) is 0 Å². The molecular formula is C11H15O3W. The molecule has 1 aliphatic rings. The van der Waals surface area contributed by atoms with Crippen molar-refractivity contribution in [1.82, 2.24) is 0 Å². The van der Waals surface area contributed by atoms with Crippen LogP contribution in [0.2, 0.25) is 4.81 Å². The Bertz CT molecular complexity index is 355. The molecule has 0 aromatic rings. The van der Waals surface area contributed by atoms with Gasteiger partial charge in [-0.3, -0.25) is 0 Å². The average molecular weight is 379 g/mol. The summed E-state index contributed by atoms with van der Waals surface area (Å²) in [7, 11) is 0. The molecule has 0 radical (unpaired) electrons. The van der Waals surface area contributed by atoms with Gasteiger partial charge in [0.25, 0.3) is 0 Å². The van der Waals surface area contributed by atoms with Crippen molar-refractivity contribution in [3.05, 3.63) is 21.7 Å². The summed E-state index contributed by atoms with van der Waals surface area (Å²) in [6.07, 6.45) is 4.37. The maximum absolute atomic E-state index is 11.3. The second-order valence-corrected chi connectivity index (χ2v) is 19.7. The standard InChI is InChI=1S/C6H7.C2H5.3CHO.W/c1-6-4-2-3-5-6;4*1-2;/h2,4H,3H2,1H3;1H2,2H3;3*1H;. The van der Waals surface area contributed by atoms with Crippen molar-refractivity contribution in [1.29, 1.82) is 0 Å². The maximum atomic E-state index is 11.3. The van der Waals surface area contributed by atoms with Gasteiger partial charge in [0, 0.05) is 0 Å². The van der Waals surface area contributed by atoms with Gasteiger partial charge in [0.1, 0.15) is 0 Å². The van der Waals surface area contributed by atoms with Crippen molar-refractivity contribution in [2.45, 2.75) is 25.1 Å². The number of allylic oxidation sites excluding steroid dienone is 4. The van der Waals surface area contributed by atoms with E-state index in [1.807, 2.05) is 19.1 Å². The third-order valence-electron chi connectivity index (χ3n) is 3.04. The monoisotopic (exact) mass is 379 g/mol. The van der Waals surface area contributed by atoms with Crippen LogP contribution in [0.4, 0.5) is 0 Å². The molecule has 0 unspecified atom stereocenters. The molecular weight excluding hydrogens is 364 g/mol. The predicted octanol–water partition coefficient (Wildman–Crippen LogP) is 1.92. The Balaban J connectivity index is 3.49. The molecule has 0 aliphatic heterocycles. The third-order valence-corrected chi connectivity index (χ3v) is 18.6. The van der Waals surface area contributed by atoms with Crippen molar-refractivity contribution in [2.24, 2.45) is 0 Å². The van der Waals surface area contributed by atoms with Crippen molar-refractivity contribution in [3.8, 4) is 0 Å². The number of carbonyl (C=O) groups is 3. The van der Waals surface area contributed by atoms with E-state index in [0.717, 1.165) is 9.54 Å². The molecule has 15 heavy (non-hydrogen) atoms. The van der Waals surface area contributed by atoms with Crippen LogP contribution < -0.4 is 0 Å². The van der Waals surface area contributed by atoms with E-state index in [9.17, 15) is 14.4 Å². The summed E-state index contributed by atoms with van der Waals surface area (Å²) in [4.78, 5) is 34.4. The third kappa shape index (κ3) is 1.50. The first-order valence-electron chi connectivity index (χ1n) is 4.75. The van der Waals surface area contributed by atoms with Crippen LogP contribution in [0.3, 0.4) is 0 Å². The van der Waals surface area contributed by atoms with Gasteiger partial charge in [-0.1, -0.05) is 0 Å². The zero-order valence-electron chi connectivity index (χ0n) is 8.93. The van der Waals surface area contributed by atoms with Crippen LogP contribution in [-0.2, 0) is 29.2 Å². The van der Waals surface area contributed by atoms with E-state index in [2.05, 4.69) is 0 Å². The predicted molar refractivity (Wildman–Crippen MR) is 57.2 cm³/mol. The summed E-state index contributed by atoms with van der Waals surface area (Å²) in [5, 5.41) is 0. The van der Waals surface area contributed by atoms with Crippen molar-refractivity contribution < 1.29 is 29.2 Å². The zero-order chi connectivity index (χ0) is 11.6. The first-order chi connectivity index (χ1) is 7.08. The molecule has 0 fully saturated rings. The fourth-order valence-corrected chi connectivity index (χ4v) is 11.1. The van der Waals surface area contributed by atoms with Gasteiger partial charge in [-0.05, 0) is 0 Å². The molecule has 83 valence electrons. The fraction of sp³-hybridized carbons (Fsp3) is 0.364. The number of hydrogen-bond donors (Lipinski definition) is 0. The molecule has 0 saturated heterocycles. The van der Waals surface area contributed by atoms with E-state index < -0.39 is 14.8 Å². The van der Waals surface area contributed by atoms with Gasteiger partial charge in [-0.2, -0.15) is 0 Å². The Morgan fingerprint density at radius 1 is 1.27 bits per heavy atom. The molecule has 0 saturated carbocycles. The molecule has 0 N–H and O–H groups in total. The summed E-state index contributed by atoms with van der Waals surface area (Å²) in [6, 6.07) is 0. The van der Waals surface area contributed by atoms with Crippen LogP contribution in [0.15, 0.2) is 21.7 Å². The first-order valence-corrected chi connectivity index (χ1v) is 13.4. The molecule has 3 nitrogen and oxygen atoms in total. The van der Waals surface area contributed by atoms with Crippen molar-refractivity contribution >= 4 is 14.0 Å². The number of rotatable bonds is 5. The van der Waals surface area contributed by atoms with Crippen LogP contribution in [0.1, 0.15) is 20.3 Å². The van der Waals surface area contributed by atoms with Crippen molar-refractivity contribution in [3.63, 3.8) is 0 Å². The van der Waals surface area contributed by atoms with Gasteiger partial charge in [0.05, 0.1) is 0 Å². The van der Waals surface area contributed by atoms with Crippen LogP contribution in [0.5, 0.6) is 0 Å². The molecule has 0 atom stereocenters. The summed E-state index contributed by atoms with van der Waals surface area (Å²) < 4.78 is 2.88. The van der Waals surface area contributed by atoms with E-state index >= 15 is 0 Å². The summed E-state index contributed by atoms with van der Waals surface area (Å²) >= 11 is -4.54. The van der Waals surface area contributed by atoms with Crippen LogP contribution in [0, 0.1) is 0 Å². The Morgan fingerprint density at radius 3 is 2.07 bits per heavy atom. The molecule has 1 aliphatic carbocycles. The molecule has 0 aromatic heterocycles. The zero-order valence-corrected chi connectivity index (χ0v) is 11.9. The SMILES string of the molecule is C[CH2][W]([CH]=O)([CH]=O)([CH]=O)[C]1=C(C)C=CC1. The van der Waals surface area contributed by atoms with Gasteiger partial charge >= 0.3 is 90.0 Å². The van der Waals surface area contributed by atoms with Crippen LogP contribution >= 0.6 is 0 Å². The minimum absolute atomic E-state index is 0.380. The van der Waals surface area contributed by atoms with E-state index in [4.69, 9.17) is 0 Å². The molecule has 0 aromatic carbocycles. The van der Waals surface area contributed by atoms with Crippen molar-refractivity contribution in [2.75, 3.05) is 0 Å². The van der Waals surface area contributed by atoms with E-state index in [1.165, 1.54) is 0 Å². The minimum atomic E-state index is -4.54. The molecule has 4 heteroatoms. The Hall–Kier alpha value is -0.822. The summed E-state index contributed by atoms with van der Waals surface area (Å²) in [5.41, 5.74) is 0.924. The second-order valence-electron chi connectivity index (χ2n) is 3.70. The molecule has 0 spiro atoms. The van der Waals surface area contributed by atoms with Crippen LogP contribution in [-0.4, -0.2) is 14.0 Å². The topological polar surface area (TPSA) is 51.2 Å². The molecule has 1 rings (SSSR count). The second kappa shape index (κ2) is 3.97. The van der Waals surface area contributed by atoms with Gasteiger partial charge in [0.2, 0.25) is 0 Å². The fourth-order valence-electron chi connectivity index (χ4n) is 1.81. The van der Waals surface area contributed by atoms with E-state index in [1.54, 1.807) is 6.92 Å². The summed E-state index contributed by atoms with van der Waals surface area (Å²) in [5.74, 6) is 0. The molecule has 0 bridgehead atoms. The van der Waals surface area contributed by atoms with Gasteiger partial charge in [-0.15, -0.1) is 0 Å². The Labute approximate surface area is 90.1 Å². The van der Waals surface area contributed by atoms with E-state index in [-0.39, 0.29) is 0 Å². The first kappa shape index (κ1) is 12.2. The van der Waals surface area contributed by atoms with Gasteiger partial charge in [-0.25, -0.2) is 0 Å². The quantitative estimate of drug-likeness (QED) is 0.686. The Morgan fingerprint density at radius 2 is 1.80 bits per heavy atom. The number of hydrogen-bond acceptors (Lipinski definition) is 3. The van der Waals surface area contributed by atoms with E-state index in [0.29, 0.717) is 25.3 Å². The average Bonchev–Trinajstić information content (AvgIpc) is 2.72. The Kier molecular flexibility index (Phi) is 3.24. The molecule has 0 heterocycles. The summed E-state index contributed by atoms with van der Waals surface area (Å²) in [6.45, 7) is 3.62. The molecule has 0 amide bonds. The van der Waals surface area contributed by atoms with Gasteiger partial charge in [0.15, 0.2) is 0 Å². The van der Waals surface area contributed by atoms with Gasteiger partial charge < -0.3 is 0 Å². The normalized spacial score (nSPS) is 18.4. The number of carbonyl (C=O) groups excluding carboxylic acids is 3.